The number of carboxylic acid groups (broad SMARTS) is 1. The molecule has 8 nitrogen and oxygen atoms in total. The normalized spacial score (nSPS) is 41.8. The summed E-state index contributed by atoms with van der Waals surface area (Å²) in [5.74, 6) is -2.00. The molecule has 2 amide bonds. The van der Waals surface area contributed by atoms with Crippen molar-refractivity contribution in [3.63, 3.8) is 0 Å². The van der Waals surface area contributed by atoms with E-state index in [4.69, 9.17) is 0 Å². The topological polar surface area (TPSA) is 107 Å². The Morgan fingerprint density at radius 2 is 2.11 bits per heavy atom. The van der Waals surface area contributed by atoms with E-state index in [0.717, 1.165) is 13.1 Å². The highest BCUT2D eigenvalue weighted by Crippen LogP contribution is 2.52. The van der Waals surface area contributed by atoms with Crippen LogP contribution in [0.3, 0.4) is 0 Å². The number of amides is 2. The summed E-state index contributed by atoms with van der Waals surface area (Å²) in [5, 5.41) is 22.7. The fourth-order valence-electron chi connectivity index (χ4n) is 5.30. The molecule has 0 radical (unpaired) electrons. The van der Waals surface area contributed by atoms with Crippen LogP contribution < -0.4 is 5.32 Å². The number of aliphatic carboxylic acids is 1. The number of aliphatic hydroxyl groups excluding tert-OH is 1. The van der Waals surface area contributed by atoms with Crippen LogP contribution in [0.4, 0.5) is 0 Å². The van der Waals surface area contributed by atoms with E-state index in [1.807, 2.05) is 6.92 Å². The number of quaternary nitrogens is 1. The number of β-lactam (4-membered cyclic amide) rings is 1. The maximum atomic E-state index is 12.4. The van der Waals surface area contributed by atoms with Crippen LogP contribution in [-0.2, 0) is 14.4 Å². The first-order valence-electron chi connectivity index (χ1n) is 9.43. The molecule has 4 aliphatic heterocycles. The SMILES string of the molecule is C[C@@H](O)[C@H]1C(=O)N2C(C(=O)O)=C(S[C@H]3C[C@H]4C(=O)NCC[N+]4(C)C3)[C@H](C)[C@H]12. The predicted molar refractivity (Wildman–Crippen MR) is 98.3 cm³/mol. The van der Waals surface area contributed by atoms with Crippen LogP contribution in [0, 0.1) is 11.8 Å². The Bertz CT molecular complexity index is 753. The second-order valence-electron chi connectivity index (χ2n) is 8.44. The standard InChI is InChI=1S/C18H25N3O5S/c1-8-13-12(9(2)22)17(24)20(13)14(18(25)26)15(8)27-10-6-11-16(23)19-4-5-21(11,3)7-10/h8-13,22H,4-7H2,1-3H3,(H-,19,23,25,26)/p+1/t8-,9-,10+,11+,12-,13-,21?/m1/s1. The largest absolute Gasteiger partial charge is 0.477 e. The lowest BCUT2D eigenvalue weighted by Gasteiger charge is -2.46. The number of carbonyl (C=O) groups is 3. The van der Waals surface area contributed by atoms with Gasteiger partial charge < -0.3 is 24.9 Å². The summed E-state index contributed by atoms with van der Waals surface area (Å²) in [4.78, 5) is 38.7. The number of carboxylic acids is 1. The molecule has 0 aromatic rings. The summed E-state index contributed by atoms with van der Waals surface area (Å²) in [5.41, 5.74) is 0.0661. The van der Waals surface area contributed by atoms with Crippen molar-refractivity contribution in [1.29, 1.82) is 0 Å². The molecule has 3 saturated heterocycles. The Labute approximate surface area is 162 Å². The molecule has 4 rings (SSSR count). The fraction of sp³-hybridized carbons (Fsp3) is 0.722. The zero-order valence-electron chi connectivity index (χ0n) is 15.7. The highest BCUT2D eigenvalue weighted by Gasteiger charge is 2.61. The second kappa shape index (κ2) is 6.22. The molecule has 4 heterocycles. The van der Waals surface area contributed by atoms with E-state index < -0.39 is 18.0 Å². The highest BCUT2D eigenvalue weighted by molar-refractivity contribution is 8.03. The van der Waals surface area contributed by atoms with Crippen molar-refractivity contribution in [1.82, 2.24) is 10.2 Å². The molecule has 1 unspecified atom stereocenters. The Morgan fingerprint density at radius 3 is 2.70 bits per heavy atom. The van der Waals surface area contributed by atoms with Crippen molar-refractivity contribution in [3.8, 4) is 0 Å². The lowest BCUT2D eigenvalue weighted by atomic mass is 9.79. The van der Waals surface area contributed by atoms with Crippen molar-refractivity contribution < 1.29 is 29.1 Å². The van der Waals surface area contributed by atoms with Gasteiger partial charge in [0.1, 0.15) is 5.70 Å². The third-order valence-corrected chi connectivity index (χ3v) is 8.18. The minimum absolute atomic E-state index is 0.0661. The first-order chi connectivity index (χ1) is 12.7. The van der Waals surface area contributed by atoms with Crippen LogP contribution in [0.2, 0.25) is 0 Å². The van der Waals surface area contributed by atoms with Gasteiger partial charge in [-0.2, -0.15) is 0 Å². The summed E-state index contributed by atoms with van der Waals surface area (Å²) >= 11 is 1.52. The number of thioether (sulfide) groups is 1. The first kappa shape index (κ1) is 18.8. The third-order valence-electron chi connectivity index (χ3n) is 6.69. The van der Waals surface area contributed by atoms with Crippen LogP contribution in [0.5, 0.6) is 0 Å². The smallest absolute Gasteiger partial charge is 0.353 e. The molecule has 0 aromatic heterocycles. The Balaban J connectivity index is 1.59. The number of aliphatic hydroxyl groups is 1. The number of nitrogens with one attached hydrogen (secondary N) is 1. The number of likely N-dealkylation sites (N-methyl/N-ethyl adjacent to an activating group) is 1. The fourth-order valence-corrected chi connectivity index (χ4v) is 7.01. The van der Waals surface area contributed by atoms with E-state index in [0.29, 0.717) is 22.4 Å². The van der Waals surface area contributed by atoms with Crippen molar-refractivity contribution >= 4 is 29.5 Å². The average Bonchev–Trinajstić information content (AvgIpc) is 3.02. The molecule has 0 saturated carbocycles. The molecule has 0 aromatic carbocycles. The molecule has 148 valence electrons. The van der Waals surface area contributed by atoms with Crippen LogP contribution in [-0.4, -0.2) is 87.5 Å². The van der Waals surface area contributed by atoms with E-state index in [2.05, 4.69) is 12.4 Å². The van der Waals surface area contributed by atoms with Gasteiger partial charge in [0, 0.05) is 17.2 Å². The van der Waals surface area contributed by atoms with Gasteiger partial charge in [-0.25, -0.2) is 4.79 Å². The van der Waals surface area contributed by atoms with Gasteiger partial charge >= 0.3 is 5.97 Å². The number of piperazine rings is 1. The summed E-state index contributed by atoms with van der Waals surface area (Å²) in [7, 11) is 2.09. The first-order valence-corrected chi connectivity index (χ1v) is 10.3. The summed E-state index contributed by atoms with van der Waals surface area (Å²) in [6.07, 6.45) is -0.0941. The van der Waals surface area contributed by atoms with Crippen molar-refractivity contribution in [2.24, 2.45) is 11.8 Å². The average molecular weight is 396 g/mol. The molecule has 0 bridgehead atoms. The zero-order chi connectivity index (χ0) is 19.7. The number of hydrogen-bond acceptors (Lipinski definition) is 5. The number of fused-ring (bicyclic) bond motifs is 2. The Morgan fingerprint density at radius 1 is 1.41 bits per heavy atom. The van der Waals surface area contributed by atoms with Gasteiger partial charge in [0.2, 0.25) is 5.91 Å². The number of nitrogens with zero attached hydrogens (tertiary/aromatic N) is 2. The third kappa shape index (κ3) is 2.62. The zero-order valence-corrected chi connectivity index (χ0v) is 16.5. The van der Waals surface area contributed by atoms with E-state index in [1.165, 1.54) is 16.7 Å². The number of carbonyl (C=O) groups excluding carboxylic acids is 2. The maximum Gasteiger partial charge on any atom is 0.353 e. The molecular formula is C18H26N3O5S+. The molecular weight excluding hydrogens is 370 g/mol. The monoisotopic (exact) mass is 396 g/mol. The molecule has 3 fully saturated rings. The van der Waals surface area contributed by atoms with Gasteiger partial charge in [0.15, 0.2) is 6.04 Å². The van der Waals surface area contributed by atoms with Crippen LogP contribution in [0.1, 0.15) is 20.3 Å². The van der Waals surface area contributed by atoms with E-state index in [-0.39, 0.29) is 40.8 Å². The minimum Gasteiger partial charge on any atom is -0.477 e. The van der Waals surface area contributed by atoms with Gasteiger partial charge in [-0.15, -0.1) is 11.8 Å². The molecule has 27 heavy (non-hydrogen) atoms. The quantitative estimate of drug-likeness (QED) is 0.441. The van der Waals surface area contributed by atoms with Crippen LogP contribution in [0.15, 0.2) is 10.6 Å². The minimum atomic E-state index is -1.10. The van der Waals surface area contributed by atoms with Gasteiger partial charge in [-0.05, 0) is 6.92 Å². The van der Waals surface area contributed by atoms with Gasteiger partial charge in [0.25, 0.3) is 5.91 Å². The van der Waals surface area contributed by atoms with Gasteiger partial charge in [-0.3, -0.25) is 9.59 Å². The number of hydrogen-bond donors (Lipinski definition) is 3. The van der Waals surface area contributed by atoms with Crippen molar-refractivity contribution in [3.05, 3.63) is 10.6 Å². The molecule has 0 spiro atoms. The van der Waals surface area contributed by atoms with E-state index in [1.54, 1.807) is 6.92 Å². The molecule has 4 aliphatic rings. The summed E-state index contributed by atoms with van der Waals surface area (Å²) < 4.78 is 0.690. The maximum absolute atomic E-state index is 12.4. The molecule has 9 heteroatoms. The highest BCUT2D eigenvalue weighted by atomic mass is 32.2. The van der Waals surface area contributed by atoms with Gasteiger partial charge in [0.05, 0.1) is 50.0 Å². The van der Waals surface area contributed by atoms with Gasteiger partial charge in [-0.1, -0.05) is 6.92 Å². The molecule has 7 atom stereocenters. The molecule has 3 N–H and O–H groups in total. The molecule has 0 aliphatic carbocycles. The van der Waals surface area contributed by atoms with Crippen molar-refractivity contribution in [2.45, 2.75) is 43.7 Å². The second-order valence-corrected chi connectivity index (χ2v) is 9.78. The lowest BCUT2D eigenvalue weighted by molar-refractivity contribution is -0.913. The lowest BCUT2D eigenvalue weighted by Crippen LogP contribution is -2.63. The van der Waals surface area contributed by atoms with E-state index in [9.17, 15) is 24.6 Å². The van der Waals surface area contributed by atoms with Crippen LogP contribution in [0.25, 0.3) is 0 Å². The Kier molecular flexibility index (Phi) is 4.32. The van der Waals surface area contributed by atoms with E-state index >= 15 is 0 Å². The van der Waals surface area contributed by atoms with Crippen LogP contribution >= 0.6 is 11.8 Å². The summed E-state index contributed by atoms with van der Waals surface area (Å²) in [6.45, 7) is 5.87. The number of rotatable bonds is 4. The summed E-state index contributed by atoms with van der Waals surface area (Å²) in [6, 6.07) is -0.381. The Hall–Kier alpha value is -1.58. The predicted octanol–water partition coefficient (Wildman–Crippen LogP) is -0.409. The van der Waals surface area contributed by atoms with Crippen molar-refractivity contribution in [2.75, 3.05) is 26.7 Å².